The molecule has 9 N–H and O–H groups in total. The Morgan fingerprint density at radius 2 is 1.58 bits per heavy atom. The quantitative estimate of drug-likeness (QED) is 0.0731. The summed E-state index contributed by atoms with van der Waals surface area (Å²) < 4.78 is 4.91. The molecule has 4 saturated carbocycles. The molecule has 10 nitrogen and oxygen atoms in total. The van der Waals surface area contributed by atoms with Crippen molar-refractivity contribution in [1.82, 2.24) is 21.3 Å². The molecule has 0 saturated heterocycles. The highest BCUT2D eigenvalue weighted by Gasteiger charge is 2.66. The zero-order chi connectivity index (χ0) is 36.5. The van der Waals surface area contributed by atoms with Gasteiger partial charge in [0.05, 0.1) is 13.2 Å². The third-order valence-electron chi connectivity index (χ3n) is 14.5. The number of hydrogen-bond donors (Lipinski definition) is 7. The molecule has 4 aliphatic carbocycles. The Morgan fingerprint density at radius 1 is 0.900 bits per heavy atom. The van der Waals surface area contributed by atoms with Crippen molar-refractivity contribution in [3.63, 3.8) is 0 Å². The molecule has 0 spiro atoms. The zero-order valence-electron chi connectivity index (χ0n) is 32.7. The van der Waals surface area contributed by atoms with Crippen LogP contribution in [0.1, 0.15) is 125 Å². The Kier molecular flexibility index (Phi) is 15.5. The van der Waals surface area contributed by atoms with Gasteiger partial charge in [-0.05, 0) is 169 Å². The van der Waals surface area contributed by atoms with Gasteiger partial charge in [-0.25, -0.2) is 4.79 Å². The van der Waals surface area contributed by atoms with Crippen LogP contribution in [0.2, 0.25) is 0 Å². The first-order chi connectivity index (χ1) is 23.8. The molecule has 3 unspecified atom stereocenters. The smallest absolute Gasteiger partial charge is 0.328 e. The molecule has 0 heterocycles. The largest absolute Gasteiger partial charge is 0.467 e. The van der Waals surface area contributed by atoms with Gasteiger partial charge in [0, 0.05) is 18.0 Å². The Labute approximate surface area is 304 Å². The standard InChI is InChI=1S/C40H76N6O4/c1-27(2)36(37(49)50-6)46-35(48)14-11-28(3)31-12-13-32-30-16-18-40(42)26-29(15-17-38(40,4)33(30)25-34(47)39(31,32)5)45-24-10-23-44-21-8-7-20-43-22-9-19-41/h27-34,36,43-45,47H,7-26,41-42H2,1-6H3,(H,46,48)/t28-,29+,30?,31-,32?,33?,34+,36-,38-,39-,40+/m1/s1. The number of carbonyl (C=O) groups is 2. The van der Waals surface area contributed by atoms with E-state index in [1.54, 1.807) is 0 Å². The van der Waals surface area contributed by atoms with Crippen LogP contribution in [-0.4, -0.2) is 87.1 Å². The van der Waals surface area contributed by atoms with Crippen molar-refractivity contribution in [3.8, 4) is 0 Å². The van der Waals surface area contributed by atoms with Gasteiger partial charge in [-0.1, -0.05) is 34.6 Å². The van der Waals surface area contributed by atoms with Gasteiger partial charge in [0.2, 0.25) is 5.91 Å². The second kappa shape index (κ2) is 18.6. The minimum absolute atomic E-state index is 0.0349. The van der Waals surface area contributed by atoms with Crippen LogP contribution >= 0.6 is 0 Å². The van der Waals surface area contributed by atoms with Crippen molar-refractivity contribution in [2.24, 2.45) is 57.8 Å². The number of methoxy groups -OCH3 is 1. The fourth-order valence-corrected chi connectivity index (χ4v) is 11.4. The monoisotopic (exact) mass is 705 g/mol. The first-order valence-electron chi connectivity index (χ1n) is 20.5. The lowest BCUT2D eigenvalue weighted by Gasteiger charge is -2.66. The van der Waals surface area contributed by atoms with Gasteiger partial charge >= 0.3 is 5.97 Å². The van der Waals surface area contributed by atoms with Crippen LogP contribution < -0.4 is 32.7 Å². The summed E-state index contributed by atoms with van der Waals surface area (Å²) in [6, 6.07) is -0.149. The first-order valence-corrected chi connectivity index (χ1v) is 20.5. The highest BCUT2D eigenvalue weighted by Crippen LogP contribution is 2.68. The van der Waals surface area contributed by atoms with E-state index in [0.29, 0.717) is 42.1 Å². The van der Waals surface area contributed by atoms with Gasteiger partial charge in [-0.2, -0.15) is 0 Å². The molecule has 4 fully saturated rings. The van der Waals surface area contributed by atoms with Crippen molar-refractivity contribution in [2.45, 2.75) is 148 Å². The zero-order valence-corrected chi connectivity index (χ0v) is 32.7. The molecular formula is C40H76N6O4. The molecule has 290 valence electrons. The second-order valence-electron chi connectivity index (χ2n) is 17.7. The summed E-state index contributed by atoms with van der Waals surface area (Å²) in [4.78, 5) is 25.1. The highest BCUT2D eigenvalue weighted by atomic mass is 16.5. The van der Waals surface area contributed by atoms with Crippen molar-refractivity contribution < 1.29 is 19.4 Å². The van der Waals surface area contributed by atoms with Crippen LogP contribution in [0, 0.1) is 46.3 Å². The lowest BCUT2D eigenvalue weighted by atomic mass is 9.41. The third kappa shape index (κ3) is 9.25. The molecule has 0 aromatic heterocycles. The molecule has 11 atom stereocenters. The first kappa shape index (κ1) is 41.5. The van der Waals surface area contributed by atoms with E-state index in [-0.39, 0.29) is 34.3 Å². The number of aliphatic hydroxyl groups excluding tert-OH is 1. The number of unbranched alkanes of at least 4 members (excludes halogenated alkanes) is 1. The Hall–Kier alpha value is -1.30. The summed E-state index contributed by atoms with van der Waals surface area (Å²) in [6.45, 7) is 17.0. The number of nitrogens with two attached hydrogens (primary N) is 2. The van der Waals surface area contributed by atoms with E-state index in [0.717, 1.165) is 110 Å². The van der Waals surface area contributed by atoms with E-state index in [1.807, 2.05) is 13.8 Å². The number of hydrogen-bond acceptors (Lipinski definition) is 9. The number of ether oxygens (including phenoxy) is 1. The van der Waals surface area contributed by atoms with Crippen molar-refractivity contribution in [1.29, 1.82) is 0 Å². The normalized spacial score (nSPS) is 36.3. The lowest BCUT2D eigenvalue weighted by molar-refractivity contribution is -0.175. The van der Waals surface area contributed by atoms with Gasteiger partial charge in [0.25, 0.3) is 0 Å². The fourth-order valence-electron chi connectivity index (χ4n) is 11.4. The predicted octanol–water partition coefficient (Wildman–Crippen LogP) is 4.08. The van der Waals surface area contributed by atoms with Gasteiger partial charge in [-0.15, -0.1) is 0 Å². The number of carbonyl (C=O) groups excluding carboxylic acids is 2. The van der Waals surface area contributed by atoms with Crippen LogP contribution in [0.5, 0.6) is 0 Å². The summed E-state index contributed by atoms with van der Waals surface area (Å²) in [5.74, 6) is 1.74. The summed E-state index contributed by atoms with van der Waals surface area (Å²) in [6.07, 6.45) is 14.1. The third-order valence-corrected chi connectivity index (χ3v) is 14.5. The van der Waals surface area contributed by atoms with Gasteiger partial charge in [0.15, 0.2) is 0 Å². The number of aliphatic hydroxyl groups is 1. The maximum atomic E-state index is 12.9. The SMILES string of the molecule is COC(=O)[C@H](NC(=O)CC[C@@H](C)[C@H]1CCC2C3CC[C@]4(N)C[C@@H](NCCCNCCCCNCCCN)CC[C@]4(C)C3C[C@H](O)[C@@]21C)C(C)C. The number of amides is 1. The molecular weight excluding hydrogens is 628 g/mol. The van der Waals surface area contributed by atoms with Crippen molar-refractivity contribution in [3.05, 3.63) is 0 Å². The average Bonchev–Trinajstić information content (AvgIpc) is 3.45. The van der Waals surface area contributed by atoms with Crippen LogP contribution in [0.3, 0.4) is 0 Å². The number of esters is 1. The van der Waals surface area contributed by atoms with E-state index in [9.17, 15) is 14.7 Å². The van der Waals surface area contributed by atoms with E-state index < -0.39 is 12.0 Å². The van der Waals surface area contributed by atoms with E-state index in [4.69, 9.17) is 16.2 Å². The average molecular weight is 705 g/mol. The van der Waals surface area contributed by atoms with Gasteiger partial charge < -0.3 is 42.6 Å². The minimum Gasteiger partial charge on any atom is -0.467 e. The Bertz CT molecular complexity index is 1080. The van der Waals surface area contributed by atoms with Crippen LogP contribution in [0.15, 0.2) is 0 Å². The van der Waals surface area contributed by atoms with Crippen molar-refractivity contribution >= 4 is 11.9 Å². The maximum Gasteiger partial charge on any atom is 0.328 e. The fraction of sp³-hybridized carbons (Fsp3) is 0.950. The van der Waals surface area contributed by atoms with Gasteiger partial charge in [-0.3, -0.25) is 4.79 Å². The van der Waals surface area contributed by atoms with E-state index in [1.165, 1.54) is 20.0 Å². The molecule has 0 aromatic rings. The summed E-state index contributed by atoms with van der Waals surface area (Å²) in [5.41, 5.74) is 12.7. The molecule has 4 aliphatic rings. The van der Waals surface area contributed by atoms with E-state index in [2.05, 4.69) is 42.0 Å². The Balaban J connectivity index is 1.24. The molecule has 4 rings (SSSR count). The summed E-state index contributed by atoms with van der Waals surface area (Å²) in [5, 5.41) is 25.9. The molecule has 0 aromatic carbocycles. The van der Waals surface area contributed by atoms with Crippen molar-refractivity contribution in [2.75, 3.05) is 46.4 Å². The van der Waals surface area contributed by atoms with Crippen LogP contribution in [0.25, 0.3) is 0 Å². The van der Waals surface area contributed by atoms with E-state index >= 15 is 0 Å². The van der Waals surface area contributed by atoms with Crippen LogP contribution in [-0.2, 0) is 14.3 Å². The molecule has 0 bridgehead atoms. The summed E-state index contributed by atoms with van der Waals surface area (Å²) in [7, 11) is 1.36. The minimum atomic E-state index is -0.621. The maximum absolute atomic E-state index is 12.9. The lowest BCUT2D eigenvalue weighted by Crippen LogP contribution is -2.69. The Morgan fingerprint density at radius 3 is 2.24 bits per heavy atom. The topological polar surface area (TPSA) is 164 Å². The molecule has 10 heteroatoms. The predicted molar refractivity (Wildman–Crippen MR) is 202 cm³/mol. The molecule has 0 radical (unpaired) electrons. The number of nitrogens with one attached hydrogen (secondary N) is 4. The number of rotatable bonds is 20. The molecule has 1 amide bonds. The summed E-state index contributed by atoms with van der Waals surface area (Å²) >= 11 is 0. The highest BCUT2D eigenvalue weighted by molar-refractivity contribution is 5.84. The molecule has 50 heavy (non-hydrogen) atoms. The van der Waals surface area contributed by atoms with Gasteiger partial charge in [0.1, 0.15) is 6.04 Å². The molecule has 0 aliphatic heterocycles. The second-order valence-corrected chi connectivity index (χ2v) is 17.7. The number of fused-ring (bicyclic) bond motifs is 5. The van der Waals surface area contributed by atoms with Crippen LogP contribution in [0.4, 0.5) is 0 Å².